The summed E-state index contributed by atoms with van der Waals surface area (Å²) in [5.41, 5.74) is 6.05. The number of benzene rings is 2. The zero-order chi connectivity index (χ0) is 37.2. The van der Waals surface area contributed by atoms with Gasteiger partial charge in [-0.1, -0.05) is 25.1 Å². The van der Waals surface area contributed by atoms with E-state index in [1.54, 1.807) is 38.1 Å². The van der Waals surface area contributed by atoms with Crippen molar-refractivity contribution in [2.24, 2.45) is 5.73 Å². The number of aromatic nitrogens is 2. The summed E-state index contributed by atoms with van der Waals surface area (Å²) >= 11 is 1.02. The van der Waals surface area contributed by atoms with E-state index < -0.39 is 47.8 Å². The molecule has 4 aromatic rings. The molecule has 15 nitrogen and oxygen atoms in total. The molecule has 0 unspecified atom stereocenters. The highest BCUT2D eigenvalue weighted by Gasteiger charge is 2.33. The fraction of sp³-hybridized carbons (Fsp3) is 0.273. The van der Waals surface area contributed by atoms with Gasteiger partial charge in [0.2, 0.25) is 5.88 Å². The van der Waals surface area contributed by atoms with Gasteiger partial charge >= 0.3 is 18.2 Å². The van der Waals surface area contributed by atoms with Crippen LogP contribution in [0.4, 0.5) is 39.7 Å². The molecule has 51 heavy (non-hydrogen) atoms. The largest absolute Gasteiger partial charge is 0.480 e. The van der Waals surface area contributed by atoms with Crippen molar-refractivity contribution in [3.63, 3.8) is 0 Å². The minimum atomic E-state index is -1.13. The number of carbonyl (C=O) groups excluding carboxylic acids is 4. The number of hydrogen-bond donors (Lipinski definition) is 3. The van der Waals surface area contributed by atoms with Crippen LogP contribution in [0.3, 0.4) is 0 Å². The van der Waals surface area contributed by atoms with Gasteiger partial charge in [-0.05, 0) is 62.0 Å². The number of thiophene rings is 1. The highest BCUT2D eigenvalue weighted by molar-refractivity contribution is 7.20. The molecule has 4 N–H and O–H groups in total. The number of hydrogen-bond acceptors (Lipinski definition) is 11. The number of hydroxylamine groups is 2. The van der Waals surface area contributed by atoms with E-state index in [0.717, 1.165) is 35.5 Å². The average molecular weight is 727 g/mol. The number of imide groups is 1. The molecule has 0 fully saturated rings. The highest BCUT2D eigenvalue weighted by atomic mass is 32.1. The lowest BCUT2D eigenvalue weighted by molar-refractivity contribution is -0.0390. The van der Waals surface area contributed by atoms with Crippen molar-refractivity contribution in [1.29, 1.82) is 0 Å². The maximum absolute atomic E-state index is 15.0. The van der Waals surface area contributed by atoms with Gasteiger partial charge in [-0.15, -0.1) is 26.6 Å². The van der Waals surface area contributed by atoms with Crippen LogP contribution in [-0.4, -0.2) is 79.1 Å². The van der Waals surface area contributed by atoms with Gasteiger partial charge in [-0.25, -0.2) is 23.2 Å². The molecule has 2 aromatic heterocycles. The van der Waals surface area contributed by atoms with Crippen molar-refractivity contribution < 1.29 is 42.3 Å². The Balaban J connectivity index is 1.90. The summed E-state index contributed by atoms with van der Waals surface area (Å²) in [6.07, 6.45) is -0.472. The third-order valence-corrected chi connectivity index (χ3v) is 8.32. The molecule has 270 valence electrons. The molecule has 0 spiro atoms. The minimum Gasteiger partial charge on any atom is -0.480 e. The number of carbonyl (C=O) groups is 4. The zero-order valence-electron chi connectivity index (χ0n) is 28.4. The van der Waals surface area contributed by atoms with Crippen LogP contribution < -0.4 is 26.0 Å². The highest BCUT2D eigenvalue weighted by Crippen LogP contribution is 2.44. The molecule has 0 aliphatic carbocycles. The Morgan fingerprint density at radius 3 is 2.14 bits per heavy atom. The Kier molecular flexibility index (Phi) is 12.9. The molecule has 0 saturated carbocycles. The van der Waals surface area contributed by atoms with Crippen LogP contribution in [0.5, 0.6) is 5.88 Å². The lowest BCUT2D eigenvalue weighted by atomic mass is 10.0. The molecule has 6 amide bonds. The first-order valence-corrected chi connectivity index (χ1v) is 16.1. The number of anilines is 3. The molecule has 2 heterocycles. The third kappa shape index (κ3) is 9.30. The zero-order valence-corrected chi connectivity index (χ0v) is 29.2. The van der Waals surface area contributed by atoms with Crippen molar-refractivity contribution in [2.75, 3.05) is 50.5 Å². The number of primary amides is 1. The van der Waals surface area contributed by atoms with Crippen molar-refractivity contribution in [2.45, 2.75) is 26.4 Å². The number of nitrogens with two attached hydrogens (primary N) is 1. The number of rotatable bonds is 13. The molecule has 2 aromatic carbocycles. The molecule has 0 aliphatic heterocycles. The Hall–Kier alpha value is -5.72. The monoisotopic (exact) mass is 726 g/mol. The molecule has 0 radical (unpaired) electrons. The predicted octanol–water partition coefficient (Wildman–Crippen LogP) is 5.83. The van der Waals surface area contributed by atoms with Gasteiger partial charge in [0.1, 0.15) is 16.6 Å². The van der Waals surface area contributed by atoms with Gasteiger partial charge in [0.15, 0.2) is 5.82 Å². The first kappa shape index (κ1) is 38.1. The number of amides is 6. The van der Waals surface area contributed by atoms with Crippen LogP contribution >= 0.6 is 11.3 Å². The fourth-order valence-corrected chi connectivity index (χ4v) is 6.04. The predicted molar refractivity (Wildman–Crippen MR) is 185 cm³/mol. The number of ether oxygens (including phenoxy) is 2. The summed E-state index contributed by atoms with van der Waals surface area (Å²) in [4.78, 5) is 59.9. The van der Waals surface area contributed by atoms with Crippen molar-refractivity contribution >= 4 is 51.9 Å². The second-order valence-corrected chi connectivity index (χ2v) is 12.0. The van der Waals surface area contributed by atoms with Crippen LogP contribution in [0.25, 0.3) is 10.4 Å². The molecule has 18 heteroatoms. The van der Waals surface area contributed by atoms with Gasteiger partial charge < -0.3 is 30.7 Å². The van der Waals surface area contributed by atoms with E-state index in [4.69, 9.17) is 20.0 Å². The van der Waals surface area contributed by atoms with Crippen molar-refractivity contribution in [1.82, 2.24) is 20.2 Å². The summed E-state index contributed by atoms with van der Waals surface area (Å²) in [5, 5.41) is 13.4. The Morgan fingerprint density at radius 1 is 0.902 bits per heavy atom. The van der Waals surface area contributed by atoms with Gasteiger partial charge in [-0.2, -0.15) is 0 Å². The van der Waals surface area contributed by atoms with E-state index in [0.29, 0.717) is 27.5 Å². The Morgan fingerprint density at radius 2 is 1.59 bits per heavy atom. The van der Waals surface area contributed by atoms with Gasteiger partial charge in [0.25, 0.3) is 5.91 Å². The maximum atomic E-state index is 15.0. The SMILES string of the molecule is CCCOC(=O)N(Cc1c(F)cccc1F)c1sc(-c2ccc(NC(=O)N(OC)C(N)=O)cc2)c(CN(C)C)c1C(=O)Nc1ccc(OC)nn1. The number of halogens is 2. The van der Waals surface area contributed by atoms with Crippen LogP contribution in [0, 0.1) is 11.6 Å². The summed E-state index contributed by atoms with van der Waals surface area (Å²) in [5.74, 6) is -2.21. The number of urea groups is 2. The summed E-state index contributed by atoms with van der Waals surface area (Å²) in [6.45, 7) is 1.36. The van der Waals surface area contributed by atoms with Crippen molar-refractivity contribution in [3.05, 3.63) is 82.9 Å². The quantitative estimate of drug-likeness (QED) is 0.142. The van der Waals surface area contributed by atoms with Crippen LogP contribution in [0.2, 0.25) is 0 Å². The van der Waals surface area contributed by atoms with E-state index in [2.05, 4.69) is 20.8 Å². The van der Waals surface area contributed by atoms with Crippen LogP contribution in [0.1, 0.15) is 34.8 Å². The molecule has 4 rings (SSSR count). The number of nitrogens with zero attached hydrogens (tertiary/aromatic N) is 5. The first-order chi connectivity index (χ1) is 24.4. The second kappa shape index (κ2) is 17.3. The summed E-state index contributed by atoms with van der Waals surface area (Å²) in [7, 11) is 6.07. The lowest BCUT2D eigenvalue weighted by Gasteiger charge is -2.23. The minimum absolute atomic E-state index is 0.00424. The number of methoxy groups -OCH3 is 1. The smallest absolute Gasteiger partial charge is 0.415 e. The Labute approximate surface area is 295 Å². The topological polar surface area (TPSA) is 182 Å². The van der Waals surface area contributed by atoms with Crippen molar-refractivity contribution in [3.8, 4) is 16.3 Å². The van der Waals surface area contributed by atoms with Crippen LogP contribution in [-0.2, 0) is 22.7 Å². The summed E-state index contributed by atoms with van der Waals surface area (Å²) < 4.78 is 40.6. The average Bonchev–Trinajstić information content (AvgIpc) is 3.45. The molecular formula is C33H36F2N8O7S. The van der Waals surface area contributed by atoms with Gasteiger partial charge in [-0.3, -0.25) is 14.5 Å². The fourth-order valence-electron chi connectivity index (χ4n) is 4.73. The first-order valence-electron chi connectivity index (χ1n) is 15.3. The van der Waals surface area contributed by atoms with E-state index in [1.807, 2.05) is 0 Å². The molecular weight excluding hydrogens is 690 g/mol. The summed E-state index contributed by atoms with van der Waals surface area (Å²) in [6, 6.07) is 10.6. The standard InChI is InChI=1S/C33H36F2N8O7S/c1-6-16-50-33(47)42(18-21-23(34)8-7-9-24(21)35)30-27(29(44)38-25-14-15-26(48-4)40-39-25)22(17-41(2)3)28(51-30)19-10-12-20(13-11-19)37-32(46)43(49-5)31(36)45/h7-15H,6,16-18H2,1-5H3,(H2,36,45)(H,37,46)(H,38,39,44). The lowest BCUT2D eigenvalue weighted by Crippen LogP contribution is -2.42. The van der Waals surface area contributed by atoms with E-state index in [9.17, 15) is 19.2 Å². The normalized spacial score (nSPS) is 10.8. The van der Waals surface area contributed by atoms with Gasteiger partial charge in [0, 0.05) is 28.7 Å². The Bertz CT molecular complexity index is 1850. The third-order valence-electron chi connectivity index (χ3n) is 7.02. The molecule has 0 atom stereocenters. The number of nitrogens with one attached hydrogen (secondary N) is 2. The van der Waals surface area contributed by atoms with E-state index >= 15 is 8.78 Å². The molecule has 0 aliphatic rings. The van der Waals surface area contributed by atoms with Crippen LogP contribution in [0.15, 0.2) is 54.6 Å². The maximum Gasteiger partial charge on any atom is 0.415 e. The molecule has 0 bridgehead atoms. The molecule has 0 saturated heterocycles. The van der Waals surface area contributed by atoms with E-state index in [-0.39, 0.29) is 41.1 Å². The van der Waals surface area contributed by atoms with Gasteiger partial charge in [0.05, 0.1) is 32.9 Å². The second-order valence-electron chi connectivity index (χ2n) is 11.0. The van der Waals surface area contributed by atoms with E-state index in [1.165, 1.54) is 37.4 Å².